The number of carbonyl (C=O) groups excluding carboxylic acids is 2. The Balaban J connectivity index is 1.87. The van der Waals surface area contributed by atoms with Gasteiger partial charge in [0.15, 0.2) is 0 Å². The normalized spacial score (nSPS) is 17.6. The van der Waals surface area contributed by atoms with Crippen molar-refractivity contribution >= 4 is 23.6 Å². The zero-order valence-corrected chi connectivity index (χ0v) is 17.5. The molecule has 0 spiro atoms. The van der Waals surface area contributed by atoms with Crippen molar-refractivity contribution in [3.63, 3.8) is 0 Å². The van der Waals surface area contributed by atoms with Crippen LogP contribution in [0.4, 0.5) is 4.39 Å². The molecule has 5 nitrogen and oxygen atoms in total. The first-order valence-electron chi connectivity index (χ1n) is 9.47. The summed E-state index contributed by atoms with van der Waals surface area (Å²) in [5.74, 6) is 0.560. The Morgan fingerprint density at radius 3 is 2.61 bits per heavy atom. The third-order valence-electron chi connectivity index (χ3n) is 5.19. The largest absolute Gasteiger partial charge is 0.352 e. The first-order chi connectivity index (χ1) is 13.3. The van der Waals surface area contributed by atoms with Crippen molar-refractivity contribution in [3.8, 4) is 5.69 Å². The molecule has 1 aliphatic rings. The lowest BCUT2D eigenvalue weighted by molar-refractivity contribution is -0.125. The summed E-state index contributed by atoms with van der Waals surface area (Å²) in [4.78, 5) is 27.5. The van der Waals surface area contributed by atoms with E-state index < -0.39 is 6.04 Å². The van der Waals surface area contributed by atoms with E-state index in [1.807, 2.05) is 38.3 Å². The maximum atomic E-state index is 13.3. The average molecular weight is 404 g/mol. The van der Waals surface area contributed by atoms with Crippen molar-refractivity contribution in [2.24, 2.45) is 0 Å². The van der Waals surface area contributed by atoms with Crippen molar-refractivity contribution in [1.82, 2.24) is 14.8 Å². The molecule has 2 atom stereocenters. The molecule has 2 amide bonds. The van der Waals surface area contributed by atoms with Crippen molar-refractivity contribution in [3.05, 3.63) is 53.1 Å². The molecule has 3 rings (SSSR count). The summed E-state index contributed by atoms with van der Waals surface area (Å²) in [6.07, 6.45) is 0.846. The van der Waals surface area contributed by atoms with Crippen LogP contribution in [0.1, 0.15) is 42.0 Å². The molecule has 2 unspecified atom stereocenters. The number of thioether (sulfide) groups is 1. The fraction of sp³-hybridized carbons (Fsp3) is 0.429. The Morgan fingerprint density at radius 2 is 1.96 bits per heavy atom. The van der Waals surface area contributed by atoms with E-state index in [1.165, 1.54) is 12.1 Å². The van der Waals surface area contributed by atoms with E-state index in [1.54, 1.807) is 28.8 Å². The highest BCUT2D eigenvalue weighted by atomic mass is 32.2. The van der Waals surface area contributed by atoms with Gasteiger partial charge in [0.1, 0.15) is 11.9 Å². The molecule has 28 heavy (non-hydrogen) atoms. The second kappa shape index (κ2) is 8.39. The minimum atomic E-state index is -0.458. The number of rotatable bonds is 5. The van der Waals surface area contributed by atoms with Crippen molar-refractivity contribution in [1.29, 1.82) is 0 Å². The SMILES string of the molecule is CCC(C)NC(=O)C1CSCN1C(=O)c1cc(C)n(-c2ccc(F)cc2)c1C. The van der Waals surface area contributed by atoms with E-state index in [0.29, 0.717) is 17.2 Å². The van der Waals surface area contributed by atoms with Gasteiger partial charge in [-0.25, -0.2) is 4.39 Å². The molecule has 150 valence electrons. The molecule has 1 aliphatic heterocycles. The molecule has 0 aliphatic carbocycles. The van der Waals surface area contributed by atoms with Crippen LogP contribution in [0, 0.1) is 19.7 Å². The van der Waals surface area contributed by atoms with Gasteiger partial charge in [-0.2, -0.15) is 0 Å². The third kappa shape index (κ3) is 3.94. The van der Waals surface area contributed by atoms with E-state index in [9.17, 15) is 14.0 Å². The molecule has 1 N–H and O–H groups in total. The number of aryl methyl sites for hydroxylation is 1. The van der Waals surface area contributed by atoms with Gasteiger partial charge in [0, 0.05) is 28.9 Å². The Labute approximate surface area is 169 Å². The molecular formula is C21H26FN3O2S. The Bertz CT molecular complexity index is 879. The highest BCUT2D eigenvalue weighted by Gasteiger charge is 2.36. The van der Waals surface area contributed by atoms with Crippen LogP contribution in [0.3, 0.4) is 0 Å². The molecule has 1 saturated heterocycles. The number of nitrogens with zero attached hydrogens (tertiary/aromatic N) is 2. The topological polar surface area (TPSA) is 54.3 Å². The van der Waals surface area contributed by atoms with Gasteiger partial charge >= 0.3 is 0 Å². The van der Waals surface area contributed by atoms with Crippen LogP contribution in [-0.2, 0) is 4.79 Å². The predicted molar refractivity (Wildman–Crippen MR) is 110 cm³/mol. The smallest absolute Gasteiger partial charge is 0.257 e. The average Bonchev–Trinajstić information content (AvgIpc) is 3.27. The van der Waals surface area contributed by atoms with Crippen LogP contribution < -0.4 is 5.32 Å². The Kier molecular flexibility index (Phi) is 6.13. The van der Waals surface area contributed by atoms with Crippen LogP contribution in [0.2, 0.25) is 0 Å². The summed E-state index contributed by atoms with van der Waals surface area (Å²) in [5.41, 5.74) is 3.05. The number of halogens is 1. The van der Waals surface area contributed by atoms with E-state index in [0.717, 1.165) is 23.5 Å². The first-order valence-corrected chi connectivity index (χ1v) is 10.6. The van der Waals surface area contributed by atoms with Crippen molar-refractivity contribution in [2.45, 2.75) is 46.2 Å². The van der Waals surface area contributed by atoms with E-state index >= 15 is 0 Å². The summed E-state index contributed by atoms with van der Waals surface area (Å²) < 4.78 is 15.2. The van der Waals surface area contributed by atoms with Crippen LogP contribution >= 0.6 is 11.8 Å². The van der Waals surface area contributed by atoms with Crippen molar-refractivity contribution in [2.75, 3.05) is 11.6 Å². The number of nitrogens with one attached hydrogen (secondary N) is 1. The molecule has 0 bridgehead atoms. The standard InChI is InChI=1S/C21H26FN3O2S/c1-5-13(2)23-20(26)19-11-28-12-24(19)21(27)18-10-14(3)25(15(18)4)17-8-6-16(22)7-9-17/h6-10,13,19H,5,11-12H2,1-4H3,(H,23,26). The Hall–Kier alpha value is -2.28. The highest BCUT2D eigenvalue weighted by molar-refractivity contribution is 7.99. The molecule has 1 aromatic carbocycles. The highest BCUT2D eigenvalue weighted by Crippen LogP contribution is 2.27. The number of amides is 2. The fourth-order valence-electron chi connectivity index (χ4n) is 3.42. The van der Waals surface area contributed by atoms with Gasteiger partial charge in [-0.15, -0.1) is 11.8 Å². The van der Waals surface area contributed by atoms with Crippen LogP contribution in [0.15, 0.2) is 30.3 Å². The maximum absolute atomic E-state index is 13.3. The van der Waals surface area contributed by atoms with Gasteiger partial charge in [-0.1, -0.05) is 6.92 Å². The lowest BCUT2D eigenvalue weighted by atomic mass is 10.1. The number of hydrogen-bond acceptors (Lipinski definition) is 3. The second-order valence-corrected chi connectivity index (χ2v) is 8.20. The molecule has 2 heterocycles. The van der Waals surface area contributed by atoms with Gasteiger partial charge < -0.3 is 14.8 Å². The van der Waals surface area contributed by atoms with Gasteiger partial charge in [0.25, 0.3) is 5.91 Å². The molecule has 1 aromatic heterocycles. The molecule has 2 aromatic rings. The van der Waals surface area contributed by atoms with E-state index in [4.69, 9.17) is 0 Å². The predicted octanol–water partition coefficient (Wildman–Crippen LogP) is 3.66. The molecule has 7 heteroatoms. The van der Waals surface area contributed by atoms with Crippen LogP contribution in [-0.4, -0.2) is 45.0 Å². The molecule has 0 saturated carbocycles. The van der Waals surface area contributed by atoms with E-state index in [2.05, 4.69) is 5.32 Å². The fourth-order valence-corrected chi connectivity index (χ4v) is 4.58. The van der Waals surface area contributed by atoms with Crippen LogP contribution in [0.25, 0.3) is 5.69 Å². The number of hydrogen-bond donors (Lipinski definition) is 1. The second-order valence-electron chi connectivity index (χ2n) is 7.21. The van der Waals surface area contributed by atoms with E-state index in [-0.39, 0.29) is 23.7 Å². The van der Waals surface area contributed by atoms with Crippen LogP contribution in [0.5, 0.6) is 0 Å². The summed E-state index contributed by atoms with van der Waals surface area (Å²) >= 11 is 1.59. The molecule has 0 radical (unpaired) electrons. The summed E-state index contributed by atoms with van der Waals surface area (Å²) in [5, 5.41) is 2.98. The van der Waals surface area contributed by atoms with Gasteiger partial charge in [-0.3, -0.25) is 9.59 Å². The zero-order chi connectivity index (χ0) is 20.4. The minimum absolute atomic E-state index is 0.0820. The summed E-state index contributed by atoms with van der Waals surface area (Å²) in [6.45, 7) is 7.77. The monoisotopic (exact) mass is 403 g/mol. The third-order valence-corrected chi connectivity index (χ3v) is 6.21. The zero-order valence-electron chi connectivity index (χ0n) is 16.7. The summed E-state index contributed by atoms with van der Waals surface area (Å²) in [7, 11) is 0. The minimum Gasteiger partial charge on any atom is -0.352 e. The van der Waals surface area contributed by atoms with Gasteiger partial charge in [0.2, 0.25) is 5.91 Å². The van der Waals surface area contributed by atoms with Gasteiger partial charge in [-0.05, 0) is 57.5 Å². The van der Waals surface area contributed by atoms with Gasteiger partial charge in [0.05, 0.1) is 11.4 Å². The lowest BCUT2D eigenvalue weighted by Gasteiger charge is -2.24. The summed E-state index contributed by atoms with van der Waals surface area (Å²) in [6, 6.07) is 7.66. The first kappa shape index (κ1) is 20.5. The van der Waals surface area contributed by atoms with Crippen molar-refractivity contribution < 1.29 is 14.0 Å². The number of carbonyl (C=O) groups is 2. The maximum Gasteiger partial charge on any atom is 0.257 e. The number of benzene rings is 1. The molecule has 1 fully saturated rings. The Morgan fingerprint density at radius 1 is 1.29 bits per heavy atom. The molecular weight excluding hydrogens is 377 g/mol. The quantitative estimate of drug-likeness (QED) is 0.829. The lowest BCUT2D eigenvalue weighted by Crippen LogP contribution is -2.49. The number of aromatic nitrogens is 1.